The Balaban J connectivity index is 1.83. The Morgan fingerprint density at radius 2 is 2.13 bits per heavy atom. The van der Waals surface area contributed by atoms with Gasteiger partial charge in [-0.05, 0) is 24.6 Å². The van der Waals surface area contributed by atoms with Gasteiger partial charge in [0, 0.05) is 28.1 Å². The summed E-state index contributed by atoms with van der Waals surface area (Å²) in [7, 11) is 0. The molecule has 9 nitrogen and oxygen atoms in total. The van der Waals surface area contributed by atoms with Gasteiger partial charge in [0.25, 0.3) is 5.56 Å². The van der Waals surface area contributed by atoms with E-state index in [1.165, 1.54) is 22.9 Å². The number of esters is 1. The number of carbonyl (C=O) groups is 1. The van der Waals surface area contributed by atoms with E-state index in [2.05, 4.69) is 15.1 Å². The number of rotatable bonds is 2. The standard InChI is InChI=1S/C20H14FN3O6/c1-8-2-9-11(5-22-30-28)12-6-24-16(17(12)23-15(9)4-14(8)21)3-10-13(19(24)26)7-29-20(27)18(10)25/h2-5,18,25,28H,6-7H2,1H3/b22-5+. The maximum atomic E-state index is 14.2. The Hall–Kier alpha value is -3.63. The third-order valence-electron chi connectivity index (χ3n) is 5.51. The average Bonchev–Trinajstić information content (AvgIpc) is 3.08. The molecule has 0 bridgehead atoms. The predicted molar refractivity (Wildman–Crippen MR) is 101 cm³/mol. The van der Waals surface area contributed by atoms with Crippen LogP contribution in [0.1, 0.15) is 33.9 Å². The number of nitrogens with zero attached hydrogens (tertiary/aromatic N) is 3. The van der Waals surface area contributed by atoms with Gasteiger partial charge >= 0.3 is 5.97 Å². The quantitative estimate of drug-likeness (QED) is 0.223. The van der Waals surface area contributed by atoms with Gasteiger partial charge in [-0.25, -0.2) is 19.2 Å². The van der Waals surface area contributed by atoms with Crippen LogP contribution in [0.25, 0.3) is 22.3 Å². The number of oxime groups is 1. The second kappa shape index (κ2) is 6.44. The number of benzene rings is 1. The van der Waals surface area contributed by atoms with Crippen molar-refractivity contribution in [2.75, 3.05) is 0 Å². The Kier molecular flexibility index (Phi) is 3.95. The molecule has 0 aliphatic carbocycles. The van der Waals surface area contributed by atoms with E-state index in [0.717, 1.165) is 0 Å². The molecule has 0 fully saturated rings. The molecule has 2 aromatic heterocycles. The number of fused-ring (bicyclic) bond motifs is 5. The largest absolute Gasteiger partial charge is 0.458 e. The van der Waals surface area contributed by atoms with Crippen molar-refractivity contribution in [3.05, 3.63) is 62.2 Å². The van der Waals surface area contributed by atoms with Gasteiger partial charge in [-0.3, -0.25) is 4.79 Å². The molecule has 5 rings (SSSR count). The van der Waals surface area contributed by atoms with Gasteiger partial charge < -0.3 is 14.4 Å². The van der Waals surface area contributed by atoms with Crippen LogP contribution in [0.15, 0.2) is 28.1 Å². The topological polar surface area (TPSA) is 123 Å². The summed E-state index contributed by atoms with van der Waals surface area (Å²) < 4.78 is 20.5. The Morgan fingerprint density at radius 1 is 1.33 bits per heavy atom. The summed E-state index contributed by atoms with van der Waals surface area (Å²) in [5.74, 6) is -1.28. The van der Waals surface area contributed by atoms with Gasteiger partial charge in [0.1, 0.15) is 12.4 Å². The zero-order valence-electron chi connectivity index (χ0n) is 15.5. The molecule has 1 atom stereocenters. The van der Waals surface area contributed by atoms with Crippen molar-refractivity contribution in [1.29, 1.82) is 0 Å². The molecule has 0 amide bonds. The first-order valence-electron chi connectivity index (χ1n) is 8.99. The highest BCUT2D eigenvalue weighted by Gasteiger charge is 2.34. The molecule has 30 heavy (non-hydrogen) atoms. The summed E-state index contributed by atoms with van der Waals surface area (Å²) in [5, 5.41) is 22.8. The molecular formula is C20H14FN3O6. The molecule has 0 saturated carbocycles. The fraction of sp³-hybridized carbons (Fsp3) is 0.200. The van der Waals surface area contributed by atoms with Crippen LogP contribution in [-0.2, 0) is 27.7 Å². The van der Waals surface area contributed by atoms with Crippen molar-refractivity contribution in [2.24, 2.45) is 5.16 Å². The summed E-state index contributed by atoms with van der Waals surface area (Å²) in [6, 6.07) is 4.40. The number of aromatic nitrogens is 2. The summed E-state index contributed by atoms with van der Waals surface area (Å²) >= 11 is 0. The van der Waals surface area contributed by atoms with E-state index in [-0.39, 0.29) is 24.3 Å². The lowest BCUT2D eigenvalue weighted by molar-refractivity contribution is -0.242. The first kappa shape index (κ1) is 18.4. The molecule has 4 heterocycles. The summed E-state index contributed by atoms with van der Waals surface area (Å²) in [5.41, 5.74) is 2.53. The molecule has 3 aromatic rings. The van der Waals surface area contributed by atoms with Crippen LogP contribution in [0.2, 0.25) is 0 Å². The second-order valence-corrected chi connectivity index (χ2v) is 7.15. The van der Waals surface area contributed by atoms with E-state index in [0.29, 0.717) is 39.0 Å². The molecule has 2 N–H and O–H groups in total. The smallest absolute Gasteiger partial charge is 0.340 e. The number of aliphatic hydroxyl groups is 1. The van der Waals surface area contributed by atoms with Crippen LogP contribution in [0.4, 0.5) is 4.39 Å². The second-order valence-electron chi connectivity index (χ2n) is 7.15. The van der Waals surface area contributed by atoms with Crippen molar-refractivity contribution in [3.8, 4) is 11.4 Å². The van der Waals surface area contributed by atoms with Crippen LogP contribution in [0.5, 0.6) is 0 Å². The van der Waals surface area contributed by atoms with E-state index in [1.54, 1.807) is 13.0 Å². The number of hydrogen-bond donors (Lipinski definition) is 2. The molecule has 10 heteroatoms. The molecule has 152 valence electrons. The molecule has 0 spiro atoms. The Labute approximate surface area is 167 Å². The van der Waals surface area contributed by atoms with Crippen LogP contribution in [0.3, 0.4) is 0 Å². The zero-order valence-corrected chi connectivity index (χ0v) is 15.5. The van der Waals surface area contributed by atoms with Gasteiger partial charge in [-0.15, -0.1) is 0 Å². The highest BCUT2D eigenvalue weighted by molar-refractivity contribution is 6.02. The predicted octanol–water partition coefficient (Wildman–Crippen LogP) is 1.79. The van der Waals surface area contributed by atoms with Gasteiger partial charge in [0.05, 0.1) is 35.2 Å². The number of halogens is 1. The third-order valence-corrected chi connectivity index (χ3v) is 5.51. The lowest BCUT2D eigenvalue weighted by atomic mass is 9.98. The number of cyclic esters (lactones) is 1. The number of ether oxygens (including phenoxy) is 1. The van der Waals surface area contributed by atoms with Gasteiger partial charge in [0.15, 0.2) is 6.10 Å². The van der Waals surface area contributed by atoms with Crippen molar-refractivity contribution < 1.29 is 29.3 Å². The SMILES string of the molecule is Cc1cc2c(/C=N/OO)c3c(nc2cc1F)-c1cc2c(c(=O)n1C3)COC(=O)C2O. The molecule has 1 unspecified atom stereocenters. The third kappa shape index (κ3) is 2.47. The van der Waals surface area contributed by atoms with Crippen LogP contribution in [0, 0.1) is 12.7 Å². The molecule has 0 radical (unpaired) electrons. The lowest BCUT2D eigenvalue weighted by Gasteiger charge is -2.21. The highest BCUT2D eigenvalue weighted by atomic mass is 19.1. The first-order valence-corrected chi connectivity index (χ1v) is 8.99. The van der Waals surface area contributed by atoms with E-state index in [4.69, 9.17) is 9.99 Å². The number of aliphatic hydroxyl groups excluding tert-OH is 1. The fourth-order valence-electron chi connectivity index (χ4n) is 4.01. The van der Waals surface area contributed by atoms with Crippen molar-refractivity contribution in [2.45, 2.75) is 26.2 Å². The van der Waals surface area contributed by atoms with Crippen LogP contribution >= 0.6 is 0 Å². The summed E-state index contributed by atoms with van der Waals surface area (Å²) in [4.78, 5) is 33.1. The van der Waals surface area contributed by atoms with Gasteiger partial charge in [0.2, 0.25) is 0 Å². The zero-order chi connectivity index (χ0) is 21.2. The van der Waals surface area contributed by atoms with Gasteiger partial charge in [-0.1, -0.05) is 5.16 Å². The molecule has 2 aliphatic rings. The maximum Gasteiger partial charge on any atom is 0.340 e. The fourth-order valence-corrected chi connectivity index (χ4v) is 4.01. The molecule has 1 aromatic carbocycles. The summed E-state index contributed by atoms with van der Waals surface area (Å²) in [6.07, 6.45) is -0.306. The van der Waals surface area contributed by atoms with Crippen molar-refractivity contribution >= 4 is 23.1 Å². The van der Waals surface area contributed by atoms with E-state index >= 15 is 0 Å². The molecule has 0 saturated heterocycles. The van der Waals surface area contributed by atoms with Crippen LogP contribution < -0.4 is 5.56 Å². The lowest BCUT2D eigenvalue weighted by Crippen LogP contribution is -2.32. The van der Waals surface area contributed by atoms with Gasteiger partial charge in [-0.2, -0.15) is 5.26 Å². The molecular weight excluding hydrogens is 397 g/mol. The monoisotopic (exact) mass is 411 g/mol. The van der Waals surface area contributed by atoms with E-state index in [9.17, 15) is 19.1 Å². The number of pyridine rings is 2. The minimum absolute atomic E-state index is 0.132. The highest BCUT2D eigenvalue weighted by Crippen LogP contribution is 2.37. The minimum Gasteiger partial charge on any atom is -0.458 e. The van der Waals surface area contributed by atoms with Crippen molar-refractivity contribution in [3.63, 3.8) is 0 Å². The minimum atomic E-state index is -1.57. The van der Waals surface area contributed by atoms with E-state index in [1.807, 2.05) is 0 Å². The Morgan fingerprint density at radius 3 is 2.90 bits per heavy atom. The number of hydrogen-bond acceptors (Lipinski definition) is 8. The normalized spacial score (nSPS) is 17.1. The van der Waals surface area contributed by atoms with Crippen LogP contribution in [-0.4, -0.2) is 32.1 Å². The Bertz CT molecular complexity index is 1350. The van der Waals surface area contributed by atoms with E-state index < -0.39 is 23.4 Å². The summed E-state index contributed by atoms with van der Waals surface area (Å²) in [6.45, 7) is 1.51. The first-order chi connectivity index (χ1) is 14.4. The maximum absolute atomic E-state index is 14.2. The molecule has 2 aliphatic heterocycles. The number of aryl methyl sites for hydroxylation is 1. The number of carbonyl (C=O) groups excluding carboxylic acids is 1. The van der Waals surface area contributed by atoms with Crippen molar-refractivity contribution in [1.82, 2.24) is 9.55 Å². The average molecular weight is 411 g/mol.